The second-order valence-corrected chi connectivity index (χ2v) is 10.5. The fourth-order valence-electron chi connectivity index (χ4n) is 3.99. The molecule has 0 bridgehead atoms. The maximum Gasteiger partial charge on any atom is 0.247 e. The van der Waals surface area contributed by atoms with Gasteiger partial charge in [-0.25, -0.2) is 13.1 Å². The average molecular weight is 463 g/mol. The molecule has 0 fully saturated rings. The Morgan fingerprint density at radius 1 is 1.03 bits per heavy atom. The van der Waals surface area contributed by atoms with Gasteiger partial charge in [0.05, 0.1) is 29.4 Å². The van der Waals surface area contributed by atoms with E-state index >= 15 is 0 Å². The number of hydrazone groups is 1. The van der Waals surface area contributed by atoms with Gasteiger partial charge in [-0.2, -0.15) is 26.0 Å². The molecule has 1 unspecified atom stereocenters. The Balaban J connectivity index is 1.67. The van der Waals surface area contributed by atoms with Gasteiger partial charge in [0.1, 0.15) is 0 Å². The van der Waals surface area contributed by atoms with Crippen molar-refractivity contribution in [2.75, 3.05) is 6.26 Å². The van der Waals surface area contributed by atoms with Crippen LogP contribution < -0.4 is 0 Å². The number of thiophene rings is 1. The van der Waals surface area contributed by atoms with Crippen LogP contribution in [0.1, 0.15) is 29.2 Å². The third-order valence-electron chi connectivity index (χ3n) is 5.48. The highest BCUT2D eigenvalue weighted by Crippen LogP contribution is 2.39. The molecule has 2 aromatic heterocycles. The maximum atomic E-state index is 12.7. The van der Waals surface area contributed by atoms with Crippen molar-refractivity contribution in [3.8, 4) is 16.9 Å². The zero-order valence-corrected chi connectivity index (χ0v) is 19.3. The minimum Gasteiger partial charge on any atom is -0.240 e. The van der Waals surface area contributed by atoms with Gasteiger partial charge in [0.2, 0.25) is 10.0 Å². The highest BCUT2D eigenvalue weighted by Gasteiger charge is 2.37. The van der Waals surface area contributed by atoms with E-state index in [1.807, 2.05) is 83.2 Å². The molecule has 1 aliphatic heterocycles. The summed E-state index contributed by atoms with van der Waals surface area (Å²) in [6, 6.07) is 19.4. The molecule has 0 spiro atoms. The summed E-state index contributed by atoms with van der Waals surface area (Å²) in [6.07, 6.45) is 3.62. The normalized spacial score (nSPS) is 16.4. The van der Waals surface area contributed by atoms with Crippen LogP contribution in [-0.2, 0) is 10.0 Å². The van der Waals surface area contributed by atoms with Crippen molar-refractivity contribution in [1.82, 2.24) is 14.2 Å². The summed E-state index contributed by atoms with van der Waals surface area (Å²) in [5.41, 5.74) is 6.30. The van der Waals surface area contributed by atoms with Crippen molar-refractivity contribution >= 4 is 27.1 Å². The van der Waals surface area contributed by atoms with Crippen molar-refractivity contribution < 1.29 is 8.42 Å². The number of hydrogen-bond donors (Lipinski definition) is 0. The summed E-state index contributed by atoms with van der Waals surface area (Å²) < 4.78 is 28.5. The smallest absolute Gasteiger partial charge is 0.240 e. The molecule has 0 saturated carbocycles. The topological polar surface area (TPSA) is 67.6 Å². The molecule has 0 aliphatic carbocycles. The van der Waals surface area contributed by atoms with Crippen LogP contribution in [0, 0.1) is 6.92 Å². The highest BCUT2D eigenvalue weighted by molar-refractivity contribution is 7.88. The summed E-state index contributed by atoms with van der Waals surface area (Å²) in [5.74, 6) is 0. The molecule has 162 valence electrons. The lowest BCUT2D eigenvalue weighted by molar-refractivity contribution is 0.375. The van der Waals surface area contributed by atoms with Gasteiger partial charge in [-0.3, -0.25) is 0 Å². The third kappa shape index (κ3) is 3.87. The molecule has 32 heavy (non-hydrogen) atoms. The largest absolute Gasteiger partial charge is 0.247 e. The number of para-hydroxylation sites is 1. The summed E-state index contributed by atoms with van der Waals surface area (Å²) in [7, 11) is -3.57. The van der Waals surface area contributed by atoms with Crippen LogP contribution in [0.3, 0.4) is 0 Å². The van der Waals surface area contributed by atoms with Crippen LogP contribution in [0.4, 0.5) is 0 Å². The first-order valence-electron chi connectivity index (χ1n) is 10.2. The molecule has 1 atom stereocenters. The first-order chi connectivity index (χ1) is 15.4. The molecule has 3 heterocycles. The lowest BCUT2D eigenvalue weighted by atomic mass is 9.97. The first-order valence-corrected chi connectivity index (χ1v) is 13.0. The van der Waals surface area contributed by atoms with Crippen LogP contribution in [0.25, 0.3) is 16.9 Å². The lowest BCUT2D eigenvalue weighted by Gasteiger charge is -2.21. The fourth-order valence-corrected chi connectivity index (χ4v) is 5.55. The first kappa shape index (κ1) is 20.7. The molecular formula is C24H22N4O2S2. The molecule has 8 heteroatoms. The molecule has 0 saturated heterocycles. The van der Waals surface area contributed by atoms with Crippen molar-refractivity contribution in [1.29, 1.82) is 0 Å². The Morgan fingerprint density at radius 2 is 1.84 bits per heavy atom. The Hall–Kier alpha value is -3.23. The van der Waals surface area contributed by atoms with Crippen LogP contribution in [0.5, 0.6) is 0 Å². The number of benzene rings is 2. The maximum absolute atomic E-state index is 12.7. The molecule has 5 rings (SSSR count). The molecule has 2 aromatic carbocycles. The molecule has 1 aliphatic rings. The van der Waals surface area contributed by atoms with E-state index in [0.29, 0.717) is 6.42 Å². The second-order valence-electron chi connectivity index (χ2n) is 7.90. The molecule has 0 amide bonds. The summed E-state index contributed by atoms with van der Waals surface area (Å²) in [5, 5.41) is 13.4. The van der Waals surface area contributed by atoms with Crippen LogP contribution >= 0.6 is 11.3 Å². The number of hydrogen-bond acceptors (Lipinski definition) is 5. The van der Waals surface area contributed by atoms with Crippen molar-refractivity contribution in [2.45, 2.75) is 19.4 Å². The number of rotatable bonds is 5. The van der Waals surface area contributed by atoms with Gasteiger partial charge in [-0.1, -0.05) is 42.0 Å². The zero-order valence-electron chi connectivity index (χ0n) is 17.7. The Morgan fingerprint density at radius 3 is 2.53 bits per heavy atom. The van der Waals surface area contributed by atoms with Crippen LogP contribution in [-0.4, -0.2) is 34.6 Å². The Bertz CT molecular complexity index is 1390. The summed E-state index contributed by atoms with van der Waals surface area (Å²) in [6.45, 7) is 2.04. The molecule has 0 N–H and O–H groups in total. The zero-order chi connectivity index (χ0) is 22.3. The van der Waals surface area contributed by atoms with E-state index in [-0.39, 0.29) is 0 Å². The van der Waals surface area contributed by atoms with Crippen molar-refractivity contribution in [3.05, 3.63) is 94.3 Å². The fraction of sp³-hybridized carbons (Fsp3) is 0.167. The standard InChI is InChI=1S/C24H22N4O2S2/c1-17-7-6-8-18(13-17)24-21(15-27(26-24)20-9-4-3-5-10-20)23-14-22(19-11-12-31-16-19)25-28(23)32(2,29)30/h3-13,15-16,23H,14H2,1-2H3. The average Bonchev–Trinajstić information content (AvgIpc) is 3.52. The predicted molar refractivity (Wildman–Crippen MR) is 129 cm³/mol. The van der Waals surface area contributed by atoms with Crippen molar-refractivity contribution in [2.24, 2.45) is 5.10 Å². The SMILES string of the molecule is Cc1cccc(-c2nn(-c3ccccc3)cc2C2CC(c3ccsc3)=NN2S(C)(=O)=O)c1. The summed E-state index contributed by atoms with van der Waals surface area (Å²) in [4.78, 5) is 0. The molecule has 6 nitrogen and oxygen atoms in total. The van der Waals surface area contributed by atoms with Gasteiger partial charge in [0.25, 0.3) is 0 Å². The predicted octanol–water partition coefficient (Wildman–Crippen LogP) is 5.02. The Labute approximate surface area is 191 Å². The Kier molecular flexibility index (Phi) is 5.19. The highest BCUT2D eigenvalue weighted by atomic mass is 32.2. The van der Waals surface area contributed by atoms with Gasteiger partial charge in [-0.15, -0.1) is 0 Å². The van der Waals surface area contributed by atoms with Gasteiger partial charge in [0.15, 0.2) is 0 Å². The van der Waals surface area contributed by atoms with Gasteiger partial charge in [0, 0.05) is 29.3 Å². The van der Waals surface area contributed by atoms with Gasteiger partial charge >= 0.3 is 0 Å². The summed E-state index contributed by atoms with van der Waals surface area (Å²) >= 11 is 1.57. The van der Waals surface area contributed by atoms with E-state index in [1.54, 1.807) is 11.3 Å². The van der Waals surface area contributed by atoms with E-state index in [1.165, 1.54) is 10.7 Å². The minimum absolute atomic E-state index is 0.465. The van der Waals surface area contributed by atoms with Crippen molar-refractivity contribution in [3.63, 3.8) is 0 Å². The third-order valence-corrected chi connectivity index (χ3v) is 7.18. The number of sulfonamides is 1. The van der Waals surface area contributed by atoms with Gasteiger partial charge in [-0.05, 0) is 41.9 Å². The number of aromatic nitrogens is 2. The molecular weight excluding hydrogens is 440 g/mol. The van der Waals surface area contributed by atoms with E-state index in [9.17, 15) is 8.42 Å². The van der Waals surface area contributed by atoms with E-state index in [0.717, 1.165) is 39.3 Å². The van der Waals surface area contributed by atoms with E-state index < -0.39 is 16.1 Å². The quantitative estimate of drug-likeness (QED) is 0.418. The second kappa shape index (κ2) is 8.03. The minimum atomic E-state index is -3.57. The van der Waals surface area contributed by atoms with Crippen LogP contribution in [0.2, 0.25) is 0 Å². The van der Waals surface area contributed by atoms with Crippen LogP contribution in [0.15, 0.2) is 82.7 Å². The molecule has 4 aromatic rings. The number of aryl methyl sites for hydroxylation is 1. The van der Waals surface area contributed by atoms with E-state index in [4.69, 9.17) is 5.10 Å². The molecule has 0 radical (unpaired) electrons. The monoisotopic (exact) mass is 462 g/mol. The number of nitrogens with zero attached hydrogens (tertiary/aromatic N) is 4. The lowest BCUT2D eigenvalue weighted by Crippen LogP contribution is -2.26. The van der Waals surface area contributed by atoms with Gasteiger partial charge < -0.3 is 0 Å². The van der Waals surface area contributed by atoms with E-state index in [2.05, 4.69) is 11.2 Å².